The van der Waals surface area contributed by atoms with Crippen LogP contribution < -0.4 is 10.7 Å². The van der Waals surface area contributed by atoms with Crippen LogP contribution in [0.3, 0.4) is 0 Å². The predicted molar refractivity (Wildman–Crippen MR) is 152 cm³/mol. The Morgan fingerprint density at radius 1 is 0.895 bits per heavy atom. The molecule has 2 heterocycles. The van der Waals surface area contributed by atoms with E-state index in [1.54, 1.807) is 37.3 Å². The highest BCUT2D eigenvalue weighted by molar-refractivity contribution is 9.10. The number of furan rings is 1. The van der Waals surface area contributed by atoms with Crippen LogP contribution in [0.4, 0.5) is 5.69 Å². The quantitative estimate of drug-likeness (QED) is 0.171. The van der Waals surface area contributed by atoms with Gasteiger partial charge >= 0.3 is 0 Å². The van der Waals surface area contributed by atoms with Crippen molar-refractivity contribution in [1.29, 1.82) is 0 Å². The fraction of sp³-hybridized carbons (Fsp3) is 0.0667. The largest absolute Gasteiger partial charge is 0.444 e. The van der Waals surface area contributed by atoms with Crippen molar-refractivity contribution >= 4 is 50.0 Å². The van der Waals surface area contributed by atoms with Crippen molar-refractivity contribution in [2.24, 2.45) is 5.10 Å². The van der Waals surface area contributed by atoms with Gasteiger partial charge in [0.15, 0.2) is 10.4 Å². The molecule has 5 aromatic rings. The molecule has 2 amide bonds. The minimum atomic E-state index is -0.351. The minimum Gasteiger partial charge on any atom is -0.444 e. The van der Waals surface area contributed by atoms with Gasteiger partial charge in [-0.2, -0.15) is 5.10 Å². The van der Waals surface area contributed by atoms with Gasteiger partial charge < -0.3 is 9.73 Å². The van der Waals surface area contributed by atoms with Crippen LogP contribution in [-0.2, 0) is 0 Å². The number of carbonyl (C=O) groups excluding carboxylic acids is 2. The molecule has 0 fully saturated rings. The standard InChI is InChI=1S/C30H23BrN4O3/c1-18-7-3-4-8-22(18)26-17-24(23-9-5-6-10-25(23)33-26)29(36)35-34-19(2)20-11-13-21(14-12-20)32-30(37)27-15-16-28(31)38-27/h3-17H,1-2H3,(H,32,37)(H,35,36)/b34-19+. The molecule has 0 atom stereocenters. The van der Waals surface area contributed by atoms with Crippen LogP contribution in [-0.4, -0.2) is 22.5 Å². The summed E-state index contributed by atoms with van der Waals surface area (Å²) in [7, 11) is 0. The molecule has 0 radical (unpaired) electrons. The van der Waals surface area contributed by atoms with Crippen molar-refractivity contribution in [2.75, 3.05) is 5.32 Å². The first-order chi connectivity index (χ1) is 18.4. The maximum Gasteiger partial charge on any atom is 0.291 e. The Kier molecular flexibility index (Phi) is 7.15. The number of hydrogen-bond acceptors (Lipinski definition) is 5. The number of nitrogens with one attached hydrogen (secondary N) is 2. The third kappa shape index (κ3) is 5.40. The molecular formula is C30H23BrN4O3. The van der Waals surface area contributed by atoms with E-state index in [0.717, 1.165) is 33.3 Å². The fourth-order valence-corrected chi connectivity index (χ4v) is 4.35. The SMILES string of the molecule is C/C(=N\NC(=O)c1cc(-c2ccccc2C)nc2ccccc12)c1ccc(NC(=O)c2ccc(Br)o2)cc1. The molecule has 188 valence electrons. The zero-order chi connectivity index (χ0) is 26.6. The normalized spacial score (nSPS) is 11.4. The number of para-hydroxylation sites is 1. The highest BCUT2D eigenvalue weighted by Crippen LogP contribution is 2.27. The Balaban J connectivity index is 1.35. The summed E-state index contributed by atoms with van der Waals surface area (Å²) in [4.78, 5) is 30.3. The molecule has 0 aliphatic heterocycles. The van der Waals surface area contributed by atoms with Crippen LogP contribution in [0.2, 0.25) is 0 Å². The molecule has 7 nitrogen and oxygen atoms in total. The first-order valence-corrected chi connectivity index (χ1v) is 12.7. The summed E-state index contributed by atoms with van der Waals surface area (Å²) in [6.45, 7) is 3.82. The number of anilines is 1. The number of rotatable bonds is 6. The van der Waals surface area contributed by atoms with Crippen LogP contribution >= 0.6 is 15.9 Å². The number of nitrogens with zero attached hydrogens (tertiary/aromatic N) is 2. The zero-order valence-corrected chi connectivity index (χ0v) is 22.2. The first kappa shape index (κ1) is 25.1. The monoisotopic (exact) mass is 566 g/mol. The smallest absolute Gasteiger partial charge is 0.291 e. The molecule has 2 aromatic heterocycles. The van der Waals surface area contributed by atoms with Crippen LogP contribution in [0.5, 0.6) is 0 Å². The highest BCUT2D eigenvalue weighted by atomic mass is 79.9. The second-order valence-electron chi connectivity index (χ2n) is 8.66. The van der Waals surface area contributed by atoms with Crippen molar-refractivity contribution in [3.63, 3.8) is 0 Å². The topological polar surface area (TPSA) is 96.6 Å². The maximum absolute atomic E-state index is 13.3. The van der Waals surface area contributed by atoms with Crippen molar-refractivity contribution in [3.8, 4) is 11.3 Å². The number of halogens is 1. The van der Waals surface area contributed by atoms with Crippen LogP contribution in [0, 0.1) is 6.92 Å². The van der Waals surface area contributed by atoms with Gasteiger partial charge in [-0.25, -0.2) is 10.4 Å². The van der Waals surface area contributed by atoms with Crippen molar-refractivity contribution in [1.82, 2.24) is 10.4 Å². The molecule has 3 aromatic carbocycles. The Labute approximate surface area is 227 Å². The van der Waals surface area contributed by atoms with Crippen molar-refractivity contribution in [2.45, 2.75) is 13.8 Å². The van der Waals surface area contributed by atoms with Gasteiger partial charge in [-0.3, -0.25) is 9.59 Å². The van der Waals surface area contributed by atoms with Gasteiger partial charge in [0.05, 0.1) is 22.5 Å². The predicted octanol–water partition coefficient (Wildman–Crippen LogP) is 6.97. The van der Waals surface area contributed by atoms with Crippen molar-refractivity contribution in [3.05, 3.63) is 118 Å². The van der Waals surface area contributed by atoms with E-state index in [-0.39, 0.29) is 17.6 Å². The number of hydrogen-bond donors (Lipinski definition) is 2. The molecule has 2 N–H and O–H groups in total. The molecule has 0 saturated carbocycles. The molecular weight excluding hydrogens is 544 g/mol. The van der Waals surface area contributed by atoms with E-state index in [0.29, 0.717) is 21.6 Å². The lowest BCUT2D eigenvalue weighted by Crippen LogP contribution is -2.20. The van der Waals surface area contributed by atoms with Gasteiger partial charge in [0.1, 0.15) is 0 Å². The Morgan fingerprint density at radius 3 is 2.37 bits per heavy atom. The lowest BCUT2D eigenvalue weighted by molar-refractivity contribution is 0.0955. The Morgan fingerprint density at radius 2 is 1.63 bits per heavy atom. The molecule has 8 heteroatoms. The van der Waals surface area contributed by atoms with Gasteiger partial charge in [0, 0.05) is 16.6 Å². The number of amides is 2. The second-order valence-corrected chi connectivity index (χ2v) is 9.44. The number of carbonyl (C=O) groups is 2. The molecule has 5 rings (SSSR count). The van der Waals surface area contributed by atoms with Gasteiger partial charge in [0.25, 0.3) is 11.8 Å². The Hall–Kier alpha value is -4.56. The molecule has 0 saturated heterocycles. The minimum absolute atomic E-state index is 0.204. The number of aromatic nitrogens is 1. The number of benzene rings is 3. The summed E-state index contributed by atoms with van der Waals surface area (Å²) < 4.78 is 5.76. The average Bonchev–Trinajstić information content (AvgIpc) is 3.38. The van der Waals surface area contributed by atoms with E-state index < -0.39 is 0 Å². The van der Waals surface area contributed by atoms with Crippen LogP contribution in [0.15, 0.2) is 105 Å². The van der Waals surface area contributed by atoms with Crippen LogP contribution in [0.1, 0.15) is 39.0 Å². The number of hydrazone groups is 1. The number of pyridine rings is 1. The zero-order valence-electron chi connectivity index (χ0n) is 20.7. The molecule has 0 aliphatic carbocycles. The molecule has 0 unspecified atom stereocenters. The summed E-state index contributed by atoms with van der Waals surface area (Å²) in [6, 6.07) is 27.7. The lowest BCUT2D eigenvalue weighted by Gasteiger charge is -2.11. The Bertz CT molecular complexity index is 1690. The van der Waals surface area contributed by atoms with E-state index in [1.165, 1.54) is 0 Å². The van der Waals surface area contributed by atoms with Crippen LogP contribution in [0.25, 0.3) is 22.2 Å². The average molecular weight is 567 g/mol. The maximum atomic E-state index is 13.3. The van der Waals surface area contributed by atoms with Crippen molar-refractivity contribution < 1.29 is 14.0 Å². The van der Waals surface area contributed by atoms with Gasteiger partial charge in [-0.05, 0) is 77.3 Å². The lowest BCUT2D eigenvalue weighted by atomic mass is 10.0. The highest BCUT2D eigenvalue weighted by Gasteiger charge is 2.15. The number of aryl methyl sites for hydroxylation is 1. The summed E-state index contributed by atoms with van der Waals surface area (Å²) in [6.07, 6.45) is 0. The fourth-order valence-electron chi connectivity index (χ4n) is 4.04. The molecule has 0 bridgehead atoms. The van der Waals surface area contributed by atoms with E-state index in [4.69, 9.17) is 9.40 Å². The van der Waals surface area contributed by atoms with E-state index in [9.17, 15) is 9.59 Å². The summed E-state index contributed by atoms with van der Waals surface area (Å²) in [5.74, 6) is -0.474. The van der Waals surface area contributed by atoms with E-state index in [1.807, 2.05) is 67.6 Å². The summed E-state index contributed by atoms with van der Waals surface area (Å²) in [5, 5.41) is 7.86. The van der Waals surface area contributed by atoms with Gasteiger partial charge in [-0.15, -0.1) is 0 Å². The van der Waals surface area contributed by atoms with E-state index in [2.05, 4.69) is 31.8 Å². The molecule has 0 aliphatic rings. The third-order valence-corrected chi connectivity index (χ3v) is 6.49. The molecule has 0 spiro atoms. The third-order valence-electron chi connectivity index (χ3n) is 6.06. The first-order valence-electron chi connectivity index (χ1n) is 11.9. The molecule has 38 heavy (non-hydrogen) atoms. The summed E-state index contributed by atoms with van der Waals surface area (Å²) in [5.41, 5.74) is 8.71. The second kappa shape index (κ2) is 10.8. The van der Waals surface area contributed by atoms with Gasteiger partial charge in [-0.1, -0.05) is 54.6 Å². The van der Waals surface area contributed by atoms with E-state index >= 15 is 0 Å². The number of fused-ring (bicyclic) bond motifs is 1. The van der Waals surface area contributed by atoms with Gasteiger partial charge in [0.2, 0.25) is 0 Å². The summed E-state index contributed by atoms with van der Waals surface area (Å²) >= 11 is 3.19.